The number of hydrogen-bond acceptors (Lipinski definition) is 4. The molecule has 0 unspecified atom stereocenters. The molecular formula is C8H12N2O3. The number of carbonyl (C=O) groups is 2. The van der Waals surface area contributed by atoms with Crippen LogP contribution in [0.4, 0.5) is 0 Å². The Kier molecular flexibility index (Phi) is 5.28. The molecule has 0 saturated carbocycles. The molecule has 0 aliphatic carbocycles. The monoisotopic (exact) mass is 184 g/mol. The number of nitrogens with zero attached hydrogens (tertiary/aromatic N) is 1. The molecule has 72 valence electrons. The molecule has 1 atom stereocenters. The van der Waals surface area contributed by atoms with Crippen LogP contribution in [-0.4, -0.2) is 25.0 Å². The van der Waals surface area contributed by atoms with Crippen molar-refractivity contribution in [1.29, 1.82) is 5.26 Å². The second-order valence-corrected chi connectivity index (χ2v) is 2.47. The Morgan fingerprint density at radius 2 is 2.23 bits per heavy atom. The summed E-state index contributed by atoms with van der Waals surface area (Å²) in [6, 6.07) is 1.18. The maximum atomic E-state index is 11.0. The minimum Gasteiger partial charge on any atom is -0.467 e. The lowest BCUT2D eigenvalue weighted by molar-refractivity contribution is -0.145. The van der Waals surface area contributed by atoms with E-state index in [9.17, 15) is 9.59 Å². The van der Waals surface area contributed by atoms with Crippen molar-refractivity contribution in [3.63, 3.8) is 0 Å². The molecule has 0 bridgehead atoms. The average molecular weight is 184 g/mol. The Bertz CT molecular complexity index is 232. The lowest BCUT2D eigenvalue weighted by atomic mass is 10.1. The van der Waals surface area contributed by atoms with Gasteiger partial charge in [0, 0.05) is 13.3 Å². The van der Waals surface area contributed by atoms with Crippen molar-refractivity contribution < 1.29 is 14.3 Å². The van der Waals surface area contributed by atoms with Gasteiger partial charge in [-0.25, -0.2) is 4.79 Å². The van der Waals surface area contributed by atoms with Crippen LogP contribution in [0, 0.1) is 11.3 Å². The predicted octanol–water partition coefficient (Wildman–Crippen LogP) is -0.0321. The molecule has 0 aromatic heterocycles. The maximum Gasteiger partial charge on any atom is 0.328 e. The first kappa shape index (κ1) is 11.4. The standard InChI is InChI=1S/C8H12N2O3/c1-6(11)10-7(4-3-5-9)8(12)13-2/h7H,3-4H2,1-2H3,(H,10,11)/t7-/m0/s1. The summed E-state index contributed by atoms with van der Waals surface area (Å²) in [4.78, 5) is 21.6. The minimum atomic E-state index is -0.706. The first-order valence-electron chi connectivity index (χ1n) is 3.83. The van der Waals surface area contributed by atoms with Gasteiger partial charge in [-0.1, -0.05) is 0 Å². The fraction of sp³-hybridized carbons (Fsp3) is 0.625. The van der Waals surface area contributed by atoms with Gasteiger partial charge in [0.1, 0.15) is 6.04 Å². The summed E-state index contributed by atoms with van der Waals surface area (Å²) in [6.45, 7) is 1.31. The molecule has 5 nitrogen and oxygen atoms in total. The van der Waals surface area contributed by atoms with Crippen molar-refractivity contribution >= 4 is 11.9 Å². The lowest BCUT2D eigenvalue weighted by Crippen LogP contribution is -2.40. The Hall–Kier alpha value is -1.57. The van der Waals surface area contributed by atoms with Crippen LogP contribution in [0.15, 0.2) is 0 Å². The van der Waals surface area contributed by atoms with Gasteiger partial charge < -0.3 is 10.1 Å². The Morgan fingerprint density at radius 3 is 2.62 bits per heavy atom. The molecule has 5 heteroatoms. The zero-order valence-electron chi connectivity index (χ0n) is 7.66. The van der Waals surface area contributed by atoms with Crippen molar-refractivity contribution in [3.8, 4) is 6.07 Å². The van der Waals surface area contributed by atoms with E-state index in [2.05, 4.69) is 10.1 Å². The van der Waals surface area contributed by atoms with Gasteiger partial charge in [-0.05, 0) is 6.42 Å². The molecule has 0 aromatic rings. The van der Waals surface area contributed by atoms with Crippen LogP contribution in [0.1, 0.15) is 19.8 Å². The van der Waals surface area contributed by atoms with E-state index >= 15 is 0 Å². The summed E-state index contributed by atoms with van der Waals surface area (Å²) in [5, 5.41) is 10.7. The van der Waals surface area contributed by atoms with Crippen molar-refractivity contribution in [3.05, 3.63) is 0 Å². The van der Waals surface area contributed by atoms with Gasteiger partial charge in [0.25, 0.3) is 0 Å². The number of carbonyl (C=O) groups excluding carboxylic acids is 2. The summed E-state index contributed by atoms with van der Waals surface area (Å²) >= 11 is 0. The molecule has 0 aromatic carbocycles. The van der Waals surface area contributed by atoms with Crippen LogP contribution >= 0.6 is 0 Å². The van der Waals surface area contributed by atoms with Gasteiger partial charge in [-0.15, -0.1) is 0 Å². The number of nitrogens with one attached hydrogen (secondary N) is 1. The number of rotatable bonds is 4. The van der Waals surface area contributed by atoms with Crippen molar-refractivity contribution in [1.82, 2.24) is 5.32 Å². The van der Waals surface area contributed by atoms with Crippen molar-refractivity contribution in [2.75, 3.05) is 7.11 Å². The third-order valence-corrected chi connectivity index (χ3v) is 1.41. The third kappa shape index (κ3) is 4.80. The number of ether oxygens (including phenoxy) is 1. The van der Waals surface area contributed by atoms with Crippen LogP contribution < -0.4 is 5.32 Å². The fourth-order valence-electron chi connectivity index (χ4n) is 0.845. The van der Waals surface area contributed by atoms with E-state index in [0.29, 0.717) is 0 Å². The molecule has 0 aliphatic heterocycles. The van der Waals surface area contributed by atoms with E-state index in [4.69, 9.17) is 5.26 Å². The smallest absolute Gasteiger partial charge is 0.328 e. The van der Waals surface area contributed by atoms with Crippen LogP contribution in [0.5, 0.6) is 0 Å². The fourth-order valence-corrected chi connectivity index (χ4v) is 0.845. The highest BCUT2D eigenvalue weighted by atomic mass is 16.5. The van der Waals surface area contributed by atoms with Crippen LogP contribution in [-0.2, 0) is 14.3 Å². The number of amides is 1. The van der Waals surface area contributed by atoms with Crippen LogP contribution in [0.2, 0.25) is 0 Å². The van der Waals surface area contributed by atoms with Gasteiger partial charge in [-0.3, -0.25) is 4.79 Å². The van der Waals surface area contributed by atoms with Crippen molar-refractivity contribution in [2.45, 2.75) is 25.8 Å². The minimum absolute atomic E-state index is 0.208. The quantitative estimate of drug-likeness (QED) is 0.622. The zero-order valence-corrected chi connectivity index (χ0v) is 7.66. The second kappa shape index (κ2) is 6.00. The molecule has 0 spiro atoms. The topological polar surface area (TPSA) is 79.2 Å². The molecule has 0 saturated heterocycles. The maximum absolute atomic E-state index is 11.0. The number of esters is 1. The van der Waals surface area contributed by atoms with Gasteiger partial charge in [0.2, 0.25) is 5.91 Å². The summed E-state index contributed by atoms with van der Waals surface area (Å²) in [6.07, 6.45) is 0.489. The van der Waals surface area contributed by atoms with E-state index in [1.54, 1.807) is 0 Å². The Morgan fingerprint density at radius 1 is 1.62 bits per heavy atom. The van der Waals surface area contributed by atoms with Gasteiger partial charge in [0.05, 0.1) is 13.2 Å². The highest BCUT2D eigenvalue weighted by molar-refractivity contribution is 5.83. The molecule has 0 radical (unpaired) electrons. The van der Waals surface area contributed by atoms with Gasteiger partial charge >= 0.3 is 5.97 Å². The van der Waals surface area contributed by atoms with E-state index in [1.165, 1.54) is 14.0 Å². The average Bonchev–Trinajstić information content (AvgIpc) is 2.10. The molecular weight excluding hydrogens is 172 g/mol. The largest absolute Gasteiger partial charge is 0.467 e. The van der Waals surface area contributed by atoms with E-state index in [1.807, 2.05) is 6.07 Å². The number of nitriles is 1. The van der Waals surface area contributed by atoms with Crippen LogP contribution in [0.25, 0.3) is 0 Å². The SMILES string of the molecule is COC(=O)[C@H](CCC#N)NC(C)=O. The summed E-state index contributed by atoms with van der Waals surface area (Å²) < 4.78 is 4.45. The highest BCUT2D eigenvalue weighted by Gasteiger charge is 2.18. The number of methoxy groups -OCH3 is 1. The first-order chi connectivity index (χ1) is 6.11. The van der Waals surface area contributed by atoms with E-state index in [0.717, 1.165) is 0 Å². The van der Waals surface area contributed by atoms with Gasteiger partial charge in [0.15, 0.2) is 0 Å². The molecule has 1 N–H and O–H groups in total. The van der Waals surface area contributed by atoms with Crippen LogP contribution in [0.3, 0.4) is 0 Å². The summed E-state index contributed by atoms with van der Waals surface area (Å²) in [5.41, 5.74) is 0. The molecule has 0 heterocycles. The Labute approximate surface area is 76.7 Å². The highest BCUT2D eigenvalue weighted by Crippen LogP contribution is 1.98. The van der Waals surface area contributed by atoms with Gasteiger partial charge in [-0.2, -0.15) is 5.26 Å². The number of hydrogen-bond donors (Lipinski definition) is 1. The molecule has 13 heavy (non-hydrogen) atoms. The summed E-state index contributed by atoms with van der Waals surface area (Å²) in [7, 11) is 1.24. The zero-order chi connectivity index (χ0) is 10.3. The summed E-state index contributed by atoms with van der Waals surface area (Å²) in [5.74, 6) is -0.834. The molecule has 0 fully saturated rings. The lowest BCUT2D eigenvalue weighted by Gasteiger charge is -2.13. The van der Waals surface area contributed by atoms with E-state index < -0.39 is 12.0 Å². The predicted molar refractivity (Wildman–Crippen MR) is 44.5 cm³/mol. The Balaban J connectivity index is 4.11. The molecule has 1 amide bonds. The third-order valence-electron chi connectivity index (χ3n) is 1.41. The first-order valence-corrected chi connectivity index (χ1v) is 3.83. The molecule has 0 aliphatic rings. The van der Waals surface area contributed by atoms with Crippen molar-refractivity contribution in [2.24, 2.45) is 0 Å². The molecule has 0 rings (SSSR count). The second-order valence-electron chi connectivity index (χ2n) is 2.47. The normalized spacial score (nSPS) is 11.2. The van der Waals surface area contributed by atoms with E-state index in [-0.39, 0.29) is 18.7 Å².